The van der Waals surface area contributed by atoms with Gasteiger partial charge in [-0.2, -0.15) is 0 Å². The third-order valence-corrected chi connectivity index (χ3v) is 5.51. The maximum Gasteiger partial charge on any atom is 0.188 e. The van der Waals surface area contributed by atoms with Crippen LogP contribution in [0.1, 0.15) is 11.1 Å². The number of carbonyl (C=O) groups excluding carboxylic acids is 1. The second-order valence-electron chi connectivity index (χ2n) is 7.13. The van der Waals surface area contributed by atoms with Crippen molar-refractivity contribution in [2.24, 2.45) is 0 Å². The quantitative estimate of drug-likeness (QED) is 0.523. The number of hydrogen-bond donors (Lipinski definition) is 2. The molecule has 5 nitrogen and oxygen atoms in total. The second-order valence-corrected chi connectivity index (χ2v) is 7.95. The van der Waals surface area contributed by atoms with Crippen molar-refractivity contribution in [3.05, 3.63) is 93.1 Å². The van der Waals surface area contributed by atoms with Crippen molar-refractivity contribution in [2.45, 2.75) is 0 Å². The van der Waals surface area contributed by atoms with Gasteiger partial charge in [0, 0.05) is 30.4 Å². The van der Waals surface area contributed by atoms with Crippen LogP contribution in [0.5, 0.6) is 11.5 Å². The monoisotopic (exact) mass is 452 g/mol. The predicted molar refractivity (Wildman–Crippen MR) is 124 cm³/mol. The number of aromatic nitrogens is 1. The van der Waals surface area contributed by atoms with E-state index in [4.69, 9.17) is 23.2 Å². The molecular weight excluding hydrogens is 435 g/mol. The number of phenols is 2. The number of phenolic OH excluding ortho intramolecular Hbond substituents is 2. The summed E-state index contributed by atoms with van der Waals surface area (Å²) in [6.07, 6.45) is 5.23. The first-order valence-corrected chi connectivity index (χ1v) is 10.2. The number of nitrogens with zero attached hydrogens (tertiary/aromatic N) is 2. The van der Waals surface area contributed by atoms with Gasteiger partial charge in [0.2, 0.25) is 0 Å². The Balaban J connectivity index is 1.76. The molecule has 2 N–H and O–H groups in total. The first-order valence-electron chi connectivity index (χ1n) is 9.49. The Labute approximate surface area is 189 Å². The van der Waals surface area contributed by atoms with Gasteiger partial charge >= 0.3 is 0 Å². The Hall–Kier alpha value is -3.28. The molecule has 7 heteroatoms. The van der Waals surface area contributed by atoms with Crippen LogP contribution in [0.25, 0.3) is 12.2 Å². The van der Waals surface area contributed by atoms with Gasteiger partial charge in [-0.15, -0.1) is 0 Å². The molecule has 0 bridgehead atoms. The highest BCUT2D eigenvalue weighted by Gasteiger charge is 2.27. The molecule has 156 valence electrons. The van der Waals surface area contributed by atoms with E-state index in [1.54, 1.807) is 42.6 Å². The molecule has 0 radical (unpaired) electrons. The van der Waals surface area contributed by atoms with E-state index in [-0.39, 0.29) is 27.3 Å². The Kier molecular flexibility index (Phi) is 5.98. The number of pyridine rings is 1. The molecule has 1 saturated heterocycles. The maximum atomic E-state index is 13.3. The van der Waals surface area contributed by atoms with Crippen LogP contribution in [0.15, 0.2) is 71.9 Å². The number of halogens is 2. The third-order valence-electron chi connectivity index (χ3n) is 4.90. The fraction of sp³-hybridized carbons (Fsp3) is 0.0833. The highest BCUT2D eigenvalue weighted by Crippen LogP contribution is 2.29. The molecule has 2 aromatic carbocycles. The average Bonchev–Trinajstić information content (AvgIpc) is 2.76. The van der Waals surface area contributed by atoms with Gasteiger partial charge in [-0.1, -0.05) is 41.4 Å². The highest BCUT2D eigenvalue weighted by molar-refractivity contribution is 6.32. The molecular formula is C24H18Cl2N2O3. The SMILES string of the molecule is O=C1/C(=C\c2ccc(O)c(Cl)c2)CN(c2ccccn2)C/C1=C\c1ccc(O)c(Cl)c1. The molecule has 0 atom stereocenters. The fourth-order valence-corrected chi connectivity index (χ4v) is 3.75. The van der Waals surface area contributed by atoms with Gasteiger partial charge < -0.3 is 15.1 Å². The highest BCUT2D eigenvalue weighted by atomic mass is 35.5. The van der Waals surface area contributed by atoms with E-state index < -0.39 is 0 Å². The molecule has 0 aliphatic carbocycles. The van der Waals surface area contributed by atoms with Crippen molar-refractivity contribution in [1.29, 1.82) is 0 Å². The topological polar surface area (TPSA) is 73.7 Å². The minimum absolute atomic E-state index is 0.0151. The lowest BCUT2D eigenvalue weighted by Crippen LogP contribution is -2.38. The van der Waals surface area contributed by atoms with Gasteiger partial charge in [0.1, 0.15) is 17.3 Å². The molecule has 1 fully saturated rings. The summed E-state index contributed by atoms with van der Waals surface area (Å²) in [7, 11) is 0. The van der Waals surface area contributed by atoms with Gasteiger partial charge in [-0.3, -0.25) is 4.79 Å². The molecule has 0 unspecified atom stereocenters. The number of anilines is 1. The molecule has 0 amide bonds. The van der Waals surface area contributed by atoms with Crippen molar-refractivity contribution in [1.82, 2.24) is 4.98 Å². The number of Topliss-reactive ketones (excluding diaryl/α,β-unsaturated/α-hetero) is 1. The predicted octanol–water partition coefficient (Wildman–Crippen LogP) is 5.36. The van der Waals surface area contributed by atoms with E-state index in [0.717, 1.165) is 5.82 Å². The number of carbonyl (C=O) groups is 1. The van der Waals surface area contributed by atoms with Gasteiger partial charge in [-0.05, 0) is 59.7 Å². The number of rotatable bonds is 3. The van der Waals surface area contributed by atoms with Crippen molar-refractivity contribution < 1.29 is 15.0 Å². The van der Waals surface area contributed by atoms with E-state index in [2.05, 4.69) is 4.98 Å². The molecule has 0 spiro atoms. The molecule has 1 aliphatic heterocycles. The van der Waals surface area contributed by atoms with Crippen molar-refractivity contribution in [2.75, 3.05) is 18.0 Å². The lowest BCUT2D eigenvalue weighted by atomic mass is 9.94. The second kappa shape index (κ2) is 8.84. The van der Waals surface area contributed by atoms with Gasteiger partial charge in [0.15, 0.2) is 5.78 Å². The summed E-state index contributed by atoms with van der Waals surface area (Å²) in [6.45, 7) is 0.754. The summed E-state index contributed by atoms with van der Waals surface area (Å²) >= 11 is 12.1. The molecule has 1 aromatic heterocycles. The van der Waals surface area contributed by atoms with Crippen LogP contribution >= 0.6 is 23.2 Å². The third kappa shape index (κ3) is 4.74. The van der Waals surface area contributed by atoms with E-state index in [1.807, 2.05) is 23.1 Å². The zero-order valence-electron chi connectivity index (χ0n) is 16.3. The average molecular weight is 453 g/mol. The van der Waals surface area contributed by atoms with Crippen LogP contribution < -0.4 is 4.90 Å². The largest absolute Gasteiger partial charge is 0.506 e. The Morgan fingerprint density at radius 3 is 1.84 bits per heavy atom. The summed E-state index contributed by atoms with van der Waals surface area (Å²) in [6, 6.07) is 15.2. The first-order chi connectivity index (χ1) is 14.9. The van der Waals surface area contributed by atoms with E-state index >= 15 is 0 Å². The van der Waals surface area contributed by atoms with Gasteiger partial charge in [0.25, 0.3) is 0 Å². The van der Waals surface area contributed by atoms with Crippen LogP contribution in [-0.2, 0) is 4.79 Å². The van der Waals surface area contributed by atoms with E-state index in [9.17, 15) is 15.0 Å². The van der Waals surface area contributed by atoms with E-state index in [1.165, 1.54) is 12.1 Å². The molecule has 2 heterocycles. The summed E-state index contributed by atoms with van der Waals surface area (Å²) in [4.78, 5) is 19.7. The molecule has 3 aromatic rings. The smallest absolute Gasteiger partial charge is 0.188 e. The number of hydrogen-bond acceptors (Lipinski definition) is 5. The van der Waals surface area contributed by atoms with Crippen LogP contribution in [0, 0.1) is 0 Å². The summed E-state index contributed by atoms with van der Waals surface area (Å²) in [5, 5.41) is 19.8. The van der Waals surface area contributed by atoms with E-state index in [0.29, 0.717) is 35.4 Å². The Morgan fingerprint density at radius 1 is 0.839 bits per heavy atom. The number of benzene rings is 2. The summed E-state index contributed by atoms with van der Waals surface area (Å²) in [5.74, 6) is 0.622. The molecule has 31 heavy (non-hydrogen) atoms. The number of aromatic hydroxyl groups is 2. The van der Waals surface area contributed by atoms with Gasteiger partial charge in [0.05, 0.1) is 10.0 Å². The zero-order chi connectivity index (χ0) is 22.0. The number of ketones is 1. The van der Waals surface area contributed by atoms with Gasteiger partial charge in [-0.25, -0.2) is 4.98 Å². The minimum atomic E-state index is -0.0967. The van der Waals surface area contributed by atoms with Crippen LogP contribution in [0.3, 0.4) is 0 Å². The molecule has 1 aliphatic rings. The lowest BCUT2D eigenvalue weighted by Gasteiger charge is -2.30. The lowest BCUT2D eigenvalue weighted by molar-refractivity contribution is -0.112. The Morgan fingerprint density at radius 2 is 1.39 bits per heavy atom. The molecule has 0 saturated carbocycles. The first kappa shape index (κ1) is 21.0. The summed E-state index contributed by atoms with van der Waals surface area (Å²) in [5.41, 5.74) is 2.55. The standard InChI is InChI=1S/C24H18Cl2N2O3/c25-19-11-15(4-6-21(19)29)9-17-13-28(23-3-1-2-8-27-23)14-18(24(17)31)10-16-5-7-22(30)20(26)12-16/h1-12,29-30H,13-14H2/b17-9-,18-10+. The Bertz CT molecular complexity index is 1130. The maximum absolute atomic E-state index is 13.3. The van der Waals surface area contributed by atoms with Crippen molar-refractivity contribution in [3.8, 4) is 11.5 Å². The van der Waals surface area contributed by atoms with Crippen LogP contribution in [0.4, 0.5) is 5.82 Å². The molecule has 4 rings (SSSR count). The minimum Gasteiger partial charge on any atom is -0.506 e. The zero-order valence-corrected chi connectivity index (χ0v) is 17.8. The van der Waals surface area contributed by atoms with Crippen LogP contribution in [0.2, 0.25) is 10.0 Å². The van der Waals surface area contributed by atoms with Crippen LogP contribution in [-0.4, -0.2) is 34.1 Å². The van der Waals surface area contributed by atoms with Crippen molar-refractivity contribution >= 4 is 47.0 Å². The fourth-order valence-electron chi connectivity index (χ4n) is 3.37. The normalized spacial score (nSPS) is 16.8. The number of piperidine rings is 1. The summed E-state index contributed by atoms with van der Waals surface area (Å²) < 4.78 is 0. The van der Waals surface area contributed by atoms with Crippen molar-refractivity contribution in [3.63, 3.8) is 0 Å².